The van der Waals surface area contributed by atoms with Gasteiger partial charge in [0, 0.05) is 6.54 Å². The summed E-state index contributed by atoms with van der Waals surface area (Å²) in [4.78, 5) is 3.97. The van der Waals surface area contributed by atoms with Crippen molar-refractivity contribution in [3.63, 3.8) is 0 Å². The van der Waals surface area contributed by atoms with Crippen molar-refractivity contribution in [1.29, 1.82) is 0 Å². The number of nitrogens with two attached hydrogens (primary N) is 1. The van der Waals surface area contributed by atoms with Crippen molar-refractivity contribution in [3.05, 3.63) is 0 Å². The summed E-state index contributed by atoms with van der Waals surface area (Å²) in [5, 5.41) is 9.67. The SMILES string of the molecule is Nc1nc(NCCC2CCCC2)n[nH]1. The molecule has 1 fully saturated rings. The third-order valence-electron chi connectivity index (χ3n) is 2.81. The maximum absolute atomic E-state index is 5.40. The second-order valence-corrected chi connectivity index (χ2v) is 3.91. The van der Waals surface area contributed by atoms with Gasteiger partial charge in [-0.25, -0.2) is 5.10 Å². The molecule has 1 aromatic heterocycles. The molecule has 1 aromatic rings. The Kier molecular flexibility index (Phi) is 2.86. The Bertz CT molecular complexity index is 276. The molecule has 0 spiro atoms. The summed E-state index contributed by atoms with van der Waals surface area (Å²) in [6, 6.07) is 0. The number of hydrogen-bond donors (Lipinski definition) is 3. The minimum absolute atomic E-state index is 0.369. The van der Waals surface area contributed by atoms with E-state index in [1.165, 1.54) is 32.1 Å². The van der Waals surface area contributed by atoms with E-state index in [0.717, 1.165) is 12.5 Å². The first-order valence-corrected chi connectivity index (χ1v) is 5.26. The quantitative estimate of drug-likeness (QED) is 0.678. The van der Waals surface area contributed by atoms with Gasteiger partial charge in [-0.2, -0.15) is 4.98 Å². The zero-order valence-electron chi connectivity index (χ0n) is 8.29. The number of rotatable bonds is 4. The van der Waals surface area contributed by atoms with Gasteiger partial charge in [0.15, 0.2) is 0 Å². The molecule has 0 bridgehead atoms. The summed E-state index contributed by atoms with van der Waals surface area (Å²) in [5.74, 6) is 1.88. The van der Waals surface area contributed by atoms with E-state index in [0.29, 0.717) is 11.9 Å². The van der Waals surface area contributed by atoms with Gasteiger partial charge in [0.1, 0.15) is 0 Å². The van der Waals surface area contributed by atoms with Crippen LogP contribution >= 0.6 is 0 Å². The van der Waals surface area contributed by atoms with E-state index in [-0.39, 0.29) is 0 Å². The Morgan fingerprint density at radius 2 is 2.21 bits per heavy atom. The Hall–Kier alpha value is -1.26. The number of aromatic nitrogens is 3. The molecule has 1 aliphatic rings. The first-order chi connectivity index (χ1) is 6.84. The Morgan fingerprint density at radius 3 is 2.86 bits per heavy atom. The Morgan fingerprint density at radius 1 is 1.43 bits per heavy atom. The first-order valence-electron chi connectivity index (χ1n) is 5.26. The molecule has 4 N–H and O–H groups in total. The fourth-order valence-corrected chi connectivity index (χ4v) is 2.04. The van der Waals surface area contributed by atoms with Crippen LogP contribution < -0.4 is 11.1 Å². The maximum Gasteiger partial charge on any atom is 0.243 e. The Balaban J connectivity index is 1.67. The van der Waals surface area contributed by atoms with Crippen molar-refractivity contribution >= 4 is 11.9 Å². The van der Waals surface area contributed by atoms with Crippen molar-refractivity contribution in [3.8, 4) is 0 Å². The van der Waals surface area contributed by atoms with E-state index in [4.69, 9.17) is 5.73 Å². The zero-order chi connectivity index (χ0) is 9.80. The standard InChI is InChI=1S/C9H17N5/c10-8-12-9(14-13-8)11-6-5-7-3-1-2-4-7/h7H,1-6H2,(H4,10,11,12,13,14). The third kappa shape index (κ3) is 2.37. The van der Waals surface area contributed by atoms with Crippen LogP contribution in [0.25, 0.3) is 0 Å². The molecule has 1 saturated carbocycles. The first kappa shape index (κ1) is 9.30. The molecule has 78 valence electrons. The summed E-state index contributed by atoms with van der Waals surface area (Å²) >= 11 is 0. The predicted octanol–water partition coefficient (Wildman–Crippen LogP) is 1.38. The van der Waals surface area contributed by atoms with Crippen LogP contribution in [-0.4, -0.2) is 21.7 Å². The molecule has 5 heteroatoms. The highest BCUT2D eigenvalue weighted by atomic mass is 15.3. The lowest BCUT2D eigenvalue weighted by Gasteiger charge is -2.07. The van der Waals surface area contributed by atoms with E-state index < -0.39 is 0 Å². The van der Waals surface area contributed by atoms with Gasteiger partial charge < -0.3 is 11.1 Å². The van der Waals surface area contributed by atoms with Crippen molar-refractivity contribution in [2.75, 3.05) is 17.6 Å². The van der Waals surface area contributed by atoms with E-state index in [9.17, 15) is 0 Å². The third-order valence-corrected chi connectivity index (χ3v) is 2.81. The minimum Gasteiger partial charge on any atom is -0.368 e. The number of hydrogen-bond acceptors (Lipinski definition) is 4. The van der Waals surface area contributed by atoms with Gasteiger partial charge in [0.25, 0.3) is 0 Å². The summed E-state index contributed by atoms with van der Waals surface area (Å²) in [6.07, 6.45) is 6.79. The number of anilines is 2. The van der Waals surface area contributed by atoms with Gasteiger partial charge in [0.05, 0.1) is 0 Å². The minimum atomic E-state index is 0.369. The average molecular weight is 195 g/mol. The lowest BCUT2D eigenvalue weighted by Crippen LogP contribution is -2.07. The van der Waals surface area contributed by atoms with Gasteiger partial charge in [-0.1, -0.05) is 25.7 Å². The van der Waals surface area contributed by atoms with Gasteiger partial charge in [-0.05, 0) is 12.3 Å². The van der Waals surface area contributed by atoms with Crippen LogP contribution in [0.15, 0.2) is 0 Å². The fraction of sp³-hybridized carbons (Fsp3) is 0.778. The normalized spacial score (nSPS) is 17.4. The molecule has 0 aromatic carbocycles. The van der Waals surface area contributed by atoms with E-state index in [1.807, 2.05) is 0 Å². The van der Waals surface area contributed by atoms with Crippen LogP contribution in [0.4, 0.5) is 11.9 Å². The topological polar surface area (TPSA) is 79.6 Å². The number of nitrogens with zero attached hydrogens (tertiary/aromatic N) is 2. The molecular formula is C9H17N5. The molecule has 5 nitrogen and oxygen atoms in total. The summed E-state index contributed by atoms with van der Waals surface area (Å²) in [6.45, 7) is 0.946. The van der Waals surface area contributed by atoms with Crippen LogP contribution in [0.3, 0.4) is 0 Å². The second kappa shape index (κ2) is 4.30. The zero-order valence-corrected chi connectivity index (χ0v) is 8.29. The number of nitrogen functional groups attached to an aromatic ring is 1. The molecule has 14 heavy (non-hydrogen) atoms. The van der Waals surface area contributed by atoms with Crippen molar-refractivity contribution in [2.45, 2.75) is 32.1 Å². The Labute approximate surface area is 83.5 Å². The monoisotopic (exact) mass is 195 g/mol. The van der Waals surface area contributed by atoms with E-state index >= 15 is 0 Å². The number of H-pyrrole nitrogens is 1. The summed E-state index contributed by atoms with van der Waals surface area (Å²) in [5.41, 5.74) is 5.40. The molecular weight excluding hydrogens is 178 g/mol. The fourth-order valence-electron chi connectivity index (χ4n) is 2.04. The van der Waals surface area contributed by atoms with E-state index in [2.05, 4.69) is 20.5 Å². The molecule has 1 aliphatic carbocycles. The predicted molar refractivity (Wildman–Crippen MR) is 55.9 cm³/mol. The van der Waals surface area contributed by atoms with Crippen molar-refractivity contribution in [2.24, 2.45) is 5.92 Å². The molecule has 0 radical (unpaired) electrons. The highest BCUT2D eigenvalue weighted by Gasteiger charge is 2.14. The maximum atomic E-state index is 5.40. The average Bonchev–Trinajstić information content (AvgIpc) is 2.77. The molecule has 0 amide bonds. The molecule has 2 rings (SSSR count). The summed E-state index contributed by atoms with van der Waals surface area (Å²) < 4.78 is 0. The van der Waals surface area contributed by atoms with Crippen LogP contribution in [0.2, 0.25) is 0 Å². The molecule has 1 heterocycles. The van der Waals surface area contributed by atoms with Gasteiger partial charge >= 0.3 is 0 Å². The van der Waals surface area contributed by atoms with Gasteiger partial charge in [-0.3, -0.25) is 0 Å². The van der Waals surface area contributed by atoms with Crippen LogP contribution in [0.5, 0.6) is 0 Å². The molecule has 0 unspecified atom stereocenters. The van der Waals surface area contributed by atoms with Gasteiger partial charge in [0.2, 0.25) is 11.9 Å². The van der Waals surface area contributed by atoms with Crippen LogP contribution in [-0.2, 0) is 0 Å². The number of nitrogens with one attached hydrogen (secondary N) is 2. The smallest absolute Gasteiger partial charge is 0.243 e. The van der Waals surface area contributed by atoms with E-state index in [1.54, 1.807) is 0 Å². The highest BCUT2D eigenvalue weighted by molar-refractivity contribution is 5.29. The van der Waals surface area contributed by atoms with Crippen molar-refractivity contribution in [1.82, 2.24) is 15.2 Å². The second-order valence-electron chi connectivity index (χ2n) is 3.91. The molecule has 0 atom stereocenters. The lowest BCUT2D eigenvalue weighted by atomic mass is 10.0. The van der Waals surface area contributed by atoms with Crippen molar-refractivity contribution < 1.29 is 0 Å². The highest BCUT2D eigenvalue weighted by Crippen LogP contribution is 2.27. The summed E-state index contributed by atoms with van der Waals surface area (Å²) in [7, 11) is 0. The van der Waals surface area contributed by atoms with Crippen LogP contribution in [0.1, 0.15) is 32.1 Å². The van der Waals surface area contributed by atoms with Crippen LogP contribution in [0, 0.1) is 5.92 Å². The van der Waals surface area contributed by atoms with Gasteiger partial charge in [-0.15, -0.1) is 5.10 Å². The lowest BCUT2D eigenvalue weighted by molar-refractivity contribution is 0.518. The largest absolute Gasteiger partial charge is 0.368 e. The molecule has 0 aliphatic heterocycles. The number of aromatic amines is 1. The molecule has 0 saturated heterocycles.